The Bertz CT molecular complexity index is 525. The lowest BCUT2D eigenvalue weighted by Crippen LogP contribution is -2.41. The van der Waals surface area contributed by atoms with Gasteiger partial charge in [0.05, 0.1) is 12.6 Å². The molecule has 1 fully saturated rings. The van der Waals surface area contributed by atoms with Gasteiger partial charge in [0.25, 0.3) is 0 Å². The fourth-order valence-corrected chi connectivity index (χ4v) is 2.40. The fraction of sp³-hybridized carbons (Fsp3) is 0.533. The van der Waals surface area contributed by atoms with Crippen LogP contribution in [0.4, 0.5) is 18.0 Å². The quantitative estimate of drug-likeness (QED) is 0.868. The molecule has 0 unspecified atom stereocenters. The van der Waals surface area contributed by atoms with E-state index in [1.54, 1.807) is 14.0 Å². The zero-order valence-electron chi connectivity index (χ0n) is 12.5. The van der Waals surface area contributed by atoms with Gasteiger partial charge in [0.2, 0.25) is 0 Å². The summed E-state index contributed by atoms with van der Waals surface area (Å²) < 4.78 is 44.6. The highest BCUT2D eigenvalue weighted by Gasteiger charge is 2.22. The molecule has 1 aliphatic rings. The van der Waals surface area contributed by atoms with Crippen LogP contribution < -0.4 is 5.32 Å². The van der Waals surface area contributed by atoms with Crippen molar-refractivity contribution in [2.45, 2.75) is 19.4 Å². The first-order chi connectivity index (χ1) is 10.4. The van der Waals surface area contributed by atoms with Gasteiger partial charge in [-0.05, 0) is 31.0 Å². The van der Waals surface area contributed by atoms with Crippen molar-refractivity contribution in [1.82, 2.24) is 10.2 Å². The van der Waals surface area contributed by atoms with E-state index in [0.717, 1.165) is 18.6 Å². The van der Waals surface area contributed by atoms with E-state index >= 15 is 0 Å². The number of nitrogens with zero attached hydrogens (tertiary/aromatic N) is 1. The van der Waals surface area contributed by atoms with Crippen LogP contribution in [-0.4, -0.2) is 37.7 Å². The fourth-order valence-electron chi connectivity index (χ4n) is 2.40. The van der Waals surface area contributed by atoms with Gasteiger partial charge < -0.3 is 15.0 Å². The van der Waals surface area contributed by atoms with Crippen LogP contribution in [0.25, 0.3) is 0 Å². The maximum Gasteiger partial charge on any atom is 0.317 e. The Balaban J connectivity index is 1.95. The molecule has 2 amide bonds. The van der Waals surface area contributed by atoms with Gasteiger partial charge in [0, 0.05) is 26.1 Å². The van der Waals surface area contributed by atoms with Crippen LogP contribution in [-0.2, 0) is 4.74 Å². The predicted molar refractivity (Wildman–Crippen MR) is 74.8 cm³/mol. The van der Waals surface area contributed by atoms with Crippen molar-refractivity contribution in [3.8, 4) is 0 Å². The number of amides is 2. The molecule has 0 radical (unpaired) electrons. The monoisotopic (exact) mass is 316 g/mol. The second-order valence-electron chi connectivity index (χ2n) is 5.58. The minimum absolute atomic E-state index is 0.169. The number of nitrogens with one attached hydrogen (secondary N) is 1. The molecule has 22 heavy (non-hydrogen) atoms. The minimum atomic E-state index is -1.51. The number of carbonyl (C=O) groups excluding carboxylic acids is 1. The van der Waals surface area contributed by atoms with Gasteiger partial charge in [0.1, 0.15) is 0 Å². The van der Waals surface area contributed by atoms with E-state index in [9.17, 15) is 18.0 Å². The molecule has 0 aromatic heterocycles. The standard InChI is InChI=1S/C15H19F3N2O2/c1-9(11-5-12(16)14(18)13(17)6-11)19-15(21)20(2)7-10-3-4-22-8-10/h5-6,9-10H,3-4,7-8H2,1-2H3,(H,19,21)/t9-,10-/m0/s1. The van der Waals surface area contributed by atoms with E-state index in [4.69, 9.17) is 4.74 Å². The third-order valence-corrected chi connectivity index (χ3v) is 3.75. The van der Waals surface area contributed by atoms with Gasteiger partial charge in [0.15, 0.2) is 17.5 Å². The van der Waals surface area contributed by atoms with Gasteiger partial charge in [-0.25, -0.2) is 18.0 Å². The van der Waals surface area contributed by atoms with Gasteiger partial charge in [-0.1, -0.05) is 0 Å². The molecule has 0 spiro atoms. The minimum Gasteiger partial charge on any atom is -0.381 e. The second-order valence-corrected chi connectivity index (χ2v) is 5.58. The van der Waals surface area contributed by atoms with Crippen molar-refractivity contribution in [2.24, 2.45) is 5.92 Å². The first-order valence-electron chi connectivity index (χ1n) is 7.12. The zero-order valence-corrected chi connectivity index (χ0v) is 12.5. The summed E-state index contributed by atoms with van der Waals surface area (Å²) in [6.07, 6.45) is 0.904. The summed E-state index contributed by atoms with van der Waals surface area (Å²) in [6, 6.07) is 0.770. The summed E-state index contributed by atoms with van der Waals surface area (Å²) in [4.78, 5) is 13.6. The van der Waals surface area contributed by atoms with Crippen molar-refractivity contribution in [2.75, 3.05) is 26.8 Å². The summed E-state index contributed by atoms with van der Waals surface area (Å²) >= 11 is 0. The lowest BCUT2D eigenvalue weighted by Gasteiger charge is -2.23. The molecule has 122 valence electrons. The Morgan fingerprint density at radius 2 is 2.05 bits per heavy atom. The lowest BCUT2D eigenvalue weighted by atomic mass is 10.1. The Hall–Kier alpha value is -1.76. The van der Waals surface area contributed by atoms with Gasteiger partial charge in [-0.15, -0.1) is 0 Å². The topological polar surface area (TPSA) is 41.6 Å². The maximum absolute atomic E-state index is 13.2. The number of halogens is 3. The van der Waals surface area contributed by atoms with Gasteiger partial charge >= 0.3 is 6.03 Å². The van der Waals surface area contributed by atoms with Crippen molar-refractivity contribution in [1.29, 1.82) is 0 Å². The lowest BCUT2D eigenvalue weighted by molar-refractivity contribution is 0.170. The molecule has 0 bridgehead atoms. The molecule has 1 aromatic rings. The molecule has 0 aliphatic carbocycles. The van der Waals surface area contributed by atoms with Gasteiger partial charge in [-0.2, -0.15) is 0 Å². The summed E-state index contributed by atoms with van der Waals surface area (Å²) in [5, 5.41) is 2.63. The first kappa shape index (κ1) is 16.6. The maximum atomic E-state index is 13.2. The Labute approximate surface area is 127 Å². The molecule has 1 N–H and O–H groups in total. The largest absolute Gasteiger partial charge is 0.381 e. The summed E-state index contributed by atoms with van der Waals surface area (Å²) in [5.74, 6) is -3.76. The average Bonchev–Trinajstić information content (AvgIpc) is 2.96. The van der Waals surface area contributed by atoms with Crippen molar-refractivity contribution in [3.05, 3.63) is 35.1 Å². The smallest absolute Gasteiger partial charge is 0.317 e. The SMILES string of the molecule is C[C@H](NC(=O)N(C)C[C@@H]1CCOC1)c1cc(F)c(F)c(F)c1. The summed E-state index contributed by atoms with van der Waals surface area (Å²) in [7, 11) is 1.65. The third kappa shape index (κ3) is 3.91. The van der Waals surface area contributed by atoms with Gasteiger partial charge in [-0.3, -0.25) is 0 Å². The zero-order chi connectivity index (χ0) is 16.3. The third-order valence-electron chi connectivity index (χ3n) is 3.75. The molecule has 7 heteroatoms. The molecule has 1 aromatic carbocycles. The number of ether oxygens (including phenoxy) is 1. The van der Waals surface area contributed by atoms with Crippen LogP contribution in [0.5, 0.6) is 0 Å². The molecule has 2 atom stereocenters. The second kappa shape index (κ2) is 7.00. The highest BCUT2D eigenvalue weighted by molar-refractivity contribution is 5.74. The number of hydrogen-bond donors (Lipinski definition) is 1. The first-order valence-corrected chi connectivity index (χ1v) is 7.12. The van der Waals surface area contributed by atoms with E-state index in [1.165, 1.54) is 4.90 Å². The van der Waals surface area contributed by atoms with Crippen LogP contribution in [0.3, 0.4) is 0 Å². The van der Waals surface area contributed by atoms with E-state index in [0.29, 0.717) is 25.7 Å². The molecule has 1 saturated heterocycles. The van der Waals surface area contributed by atoms with Crippen LogP contribution in [0.1, 0.15) is 24.9 Å². The molecular weight excluding hydrogens is 297 g/mol. The normalized spacial score (nSPS) is 19.0. The summed E-state index contributed by atoms with van der Waals surface area (Å²) in [5.41, 5.74) is 0.169. The van der Waals surface area contributed by atoms with Crippen molar-refractivity contribution < 1.29 is 22.7 Å². The van der Waals surface area contributed by atoms with Crippen LogP contribution >= 0.6 is 0 Å². The van der Waals surface area contributed by atoms with E-state index in [1.807, 2.05) is 0 Å². The predicted octanol–water partition coefficient (Wildman–Crippen LogP) is 2.84. The van der Waals surface area contributed by atoms with E-state index in [-0.39, 0.29) is 11.6 Å². The number of carbonyl (C=O) groups is 1. The molecule has 4 nitrogen and oxygen atoms in total. The van der Waals surface area contributed by atoms with Crippen molar-refractivity contribution >= 4 is 6.03 Å². The average molecular weight is 316 g/mol. The molecule has 1 heterocycles. The number of rotatable bonds is 4. The summed E-state index contributed by atoms with van der Waals surface area (Å²) in [6.45, 7) is 3.45. The van der Waals surface area contributed by atoms with Crippen LogP contribution in [0.2, 0.25) is 0 Å². The molecule has 1 aliphatic heterocycles. The molecule has 0 saturated carbocycles. The molecule has 2 rings (SSSR count). The van der Waals surface area contributed by atoms with E-state index in [2.05, 4.69) is 5.32 Å². The van der Waals surface area contributed by atoms with E-state index < -0.39 is 23.5 Å². The number of urea groups is 1. The Morgan fingerprint density at radius 3 is 2.59 bits per heavy atom. The van der Waals surface area contributed by atoms with Crippen LogP contribution in [0, 0.1) is 23.4 Å². The highest BCUT2D eigenvalue weighted by Crippen LogP contribution is 2.19. The molecular formula is C15H19F3N2O2. The highest BCUT2D eigenvalue weighted by atomic mass is 19.2. The Kier molecular flexibility index (Phi) is 5.28. The van der Waals surface area contributed by atoms with Crippen molar-refractivity contribution in [3.63, 3.8) is 0 Å². The Morgan fingerprint density at radius 1 is 1.41 bits per heavy atom. The number of hydrogen-bond acceptors (Lipinski definition) is 2. The number of benzene rings is 1. The van der Waals surface area contributed by atoms with Crippen LogP contribution in [0.15, 0.2) is 12.1 Å².